The summed E-state index contributed by atoms with van der Waals surface area (Å²) in [5, 5.41) is 3.17. The first-order valence-electron chi connectivity index (χ1n) is 7.24. The van der Waals surface area contributed by atoms with E-state index in [1.165, 1.54) is 25.7 Å². The van der Waals surface area contributed by atoms with Crippen molar-refractivity contribution in [3.8, 4) is 0 Å². The zero-order valence-corrected chi connectivity index (χ0v) is 14.2. The maximum Gasteiger partial charge on any atom is 0.223 e. The number of nitrogens with two attached hydrogens (primary N) is 1. The summed E-state index contributed by atoms with van der Waals surface area (Å²) in [5.41, 5.74) is 6.06. The Balaban J connectivity index is 0.00000180. The lowest BCUT2D eigenvalue weighted by Gasteiger charge is -2.36. The van der Waals surface area contributed by atoms with Crippen LogP contribution in [-0.4, -0.2) is 43.0 Å². The number of hydrogen-bond donors (Lipinski definition) is 2. The number of halogens is 2. The fourth-order valence-electron chi connectivity index (χ4n) is 3.47. The van der Waals surface area contributed by atoms with Gasteiger partial charge in [-0.15, -0.1) is 24.8 Å². The first-order chi connectivity index (χ1) is 8.53. The lowest BCUT2D eigenvalue weighted by molar-refractivity contribution is -0.125. The minimum absolute atomic E-state index is 0. The van der Waals surface area contributed by atoms with Crippen molar-refractivity contribution < 1.29 is 4.79 Å². The molecule has 20 heavy (non-hydrogen) atoms. The molecule has 2 aliphatic carbocycles. The summed E-state index contributed by atoms with van der Waals surface area (Å²) in [6.07, 6.45) is 7.78. The van der Waals surface area contributed by atoms with Crippen LogP contribution in [0.5, 0.6) is 0 Å². The van der Waals surface area contributed by atoms with E-state index in [0.717, 1.165) is 25.8 Å². The summed E-state index contributed by atoms with van der Waals surface area (Å²) in [4.78, 5) is 14.4. The third kappa shape index (κ3) is 4.48. The Kier molecular flexibility index (Phi) is 8.41. The van der Waals surface area contributed by atoms with Gasteiger partial charge in [-0.2, -0.15) is 0 Å². The fourth-order valence-corrected chi connectivity index (χ4v) is 3.47. The van der Waals surface area contributed by atoms with Gasteiger partial charge in [-0.1, -0.05) is 12.8 Å². The van der Waals surface area contributed by atoms with E-state index in [1.54, 1.807) is 0 Å². The van der Waals surface area contributed by atoms with Crippen LogP contribution in [0.3, 0.4) is 0 Å². The molecule has 3 N–H and O–H groups in total. The molecule has 2 rings (SSSR count). The van der Waals surface area contributed by atoms with Gasteiger partial charge in [0.1, 0.15) is 0 Å². The smallest absolute Gasteiger partial charge is 0.223 e. The summed E-state index contributed by atoms with van der Waals surface area (Å²) >= 11 is 0. The van der Waals surface area contributed by atoms with Crippen molar-refractivity contribution in [2.75, 3.05) is 20.6 Å². The summed E-state index contributed by atoms with van der Waals surface area (Å²) in [7, 11) is 4.26. The third-order valence-electron chi connectivity index (χ3n) is 4.92. The largest absolute Gasteiger partial charge is 0.354 e. The van der Waals surface area contributed by atoms with Gasteiger partial charge in [0, 0.05) is 24.0 Å². The van der Waals surface area contributed by atoms with Gasteiger partial charge in [0.15, 0.2) is 0 Å². The third-order valence-corrected chi connectivity index (χ3v) is 4.92. The van der Waals surface area contributed by atoms with E-state index >= 15 is 0 Å². The molecule has 0 aromatic rings. The Morgan fingerprint density at radius 3 is 2.30 bits per heavy atom. The molecule has 0 aliphatic heterocycles. The van der Waals surface area contributed by atoms with E-state index < -0.39 is 0 Å². The molecule has 0 bridgehead atoms. The highest BCUT2D eigenvalue weighted by Crippen LogP contribution is 2.33. The number of rotatable bonds is 4. The lowest BCUT2D eigenvalue weighted by Crippen LogP contribution is -2.51. The predicted octanol–water partition coefficient (Wildman–Crippen LogP) is 1.95. The standard InChI is InChI=1S/C14H27N3O.2ClH/c1-17(2)14(7-3-4-8-14)10-16-13(18)11-5-6-12(15)9-11;;/h11-12H,3-10,15H2,1-2H3,(H,16,18);2*1H. The van der Waals surface area contributed by atoms with Gasteiger partial charge in [-0.25, -0.2) is 0 Å². The lowest BCUT2D eigenvalue weighted by atomic mass is 9.95. The second-order valence-electron chi connectivity index (χ2n) is 6.31. The molecule has 1 amide bonds. The fraction of sp³-hybridized carbons (Fsp3) is 0.929. The molecule has 4 nitrogen and oxygen atoms in total. The quantitative estimate of drug-likeness (QED) is 0.830. The van der Waals surface area contributed by atoms with E-state index in [-0.39, 0.29) is 48.2 Å². The molecule has 2 unspecified atom stereocenters. The number of nitrogens with zero attached hydrogens (tertiary/aromatic N) is 1. The molecule has 2 atom stereocenters. The van der Waals surface area contributed by atoms with Gasteiger partial charge in [0.25, 0.3) is 0 Å². The Labute approximate surface area is 135 Å². The topological polar surface area (TPSA) is 58.4 Å². The summed E-state index contributed by atoms with van der Waals surface area (Å²) in [6.45, 7) is 0.796. The first kappa shape index (κ1) is 20.0. The second kappa shape index (κ2) is 8.42. The first-order valence-corrected chi connectivity index (χ1v) is 7.24. The van der Waals surface area contributed by atoms with Crippen molar-refractivity contribution in [1.82, 2.24) is 10.2 Å². The van der Waals surface area contributed by atoms with E-state index in [0.29, 0.717) is 0 Å². The van der Waals surface area contributed by atoms with Gasteiger partial charge in [-0.3, -0.25) is 4.79 Å². The second-order valence-corrected chi connectivity index (χ2v) is 6.31. The maximum absolute atomic E-state index is 12.1. The molecule has 0 saturated heterocycles. The summed E-state index contributed by atoms with van der Waals surface area (Å²) < 4.78 is 0. The minimum atomic E-state index is 0. The average molecular weight is 326 g/mol. The zero-order valence-electron chi connectivity index (χ0n) is 12.6. The predicted molar refractivity (Wildman–Crippen MR) is 87.7 cm³/mol. The number of hydrogen-bond acceptors (Lipinski definition) is 3. The summed E-state index contributed by atoms with van der Waals surface area (Å²) in [5.74, 6) is 0.372. The van der Waals surface area contributed by atoms with Crippen LogP contribution in [0.2, 0.25) is 0 Å². The van der Waals surface area contributed by atoms with Crippen LogP contribution < -0.4 is 11.1 Å². The van der Waals surface area contributed by atoms with Crippen molar-refractivity contribution in [2.45, 2.75) is 56.5 Å². The Hall–Kier alpha value is -0.0300. The minimum Gasteiger partial charge on any atom is -0.354 e. The summed E-state index contributed by atoms with van der Waals surface area (Å²) in [6, 6.07) is 0.232. The number of nitrogens with one attached hydrogen (secondary N) is 1. The Morgan fingerprint density at radius 1 is 1.25 bits per heavy atom. The normalized spacial score (nSPS) is 27.8. The molecule has 6 heteroatoms. The van der Waals surface area contributed by atoms with Gasteiger partial charge < -0.3 is 16.0 Å². The molecular formula is C14H29Cl2N3O. The van der Waals surface area contributed by atoms with E-state index in [4.69, 9.17) is 5.73 Å². The highest BCUT2D eigenvalue weighted by molar-refractivity contribution is 5.85. The Morgan fingerprint density at radius 2 is 1.85 bits per heavy atom. The highest BCUT2D eigenvalue weighted by Gasteiger charge is 2.37. The molecule has 0 heterocycles. The van der Waals surface area contributed by atoms with E-state index in [9.17, 15) is 4.79 Å². The molecule has 2 fully saturated rings. The molecule has 2 saturated carbocycles. The van der Waals surface area contributed by atoms with Crippen LogP contribution in [0, 0.1) is 5.92 Å². The van der Waals surface area contributed by atoms with Gasteiger partial charge in [0.2, 0.25) is 5.91 Å². The van der Waals surface area contributed by atoms with Crippen molar-refractivity contribution in [3.63, 3.8) is 0 Å². The van der Waals surface area contributed by atoms with E-state index in [1.807, 2.05) is 0 Å². The van der Waals surface area contributed by atoms with E-state index in [2.05, 4.69) is 24.3 Å². The van der Waals surface area contributed by atoms with Crippen molar-refractivity contribution in [2.24, 2.45) is 11.7 Å². The molecule has 0 radical (unpaired) electrons. The number of amides is 1. The van der Waals surface area contributed by atoms with Crippen LogP contribution in [0.1, 0.15) is 44.9 Å². The van der Waals surface area contributed by atoms with Crippen molar-refractivity contribution in [1.29, 1.82) is 0 Å². The van der Waals surface area contributed by atoms with Gasteiger partial charge in [0.05, 0.1) is 0 Å². The molecule has 2 aliphatic rings. The number of likely N-dealkylation sites (N-methyl/N-ethyl adjacent to an activating group) is 1. The zero-order chi connectivity index (χ0) is 13.2. The van der Waals surface area contributed by atoms with Gasteiger partial charge >= 0.3 is 0 Å². The monoisotopic (exact) mass is 325 g/mol. The van der Waals surface area contributed by atoms with Gasteiger partial charge in [-0.05, 0) is 46.2 Å². The molecule has 0 spiro atoms. The number of carbonyl (C=O) groups excluding carboxylic acids is 1. The number of carbonyl (C=O) groups is 1. The highest BCUT2D eigenvalue weighted by atomic mass is 35.5. The Bertz CT molecular complexity index is 307. The maximum atomic E-state index is 12.1. The van der Waals surface area contributed by atoms with Crippen molar-refractivity contribution >= 4 is 30.7 Å². The van der Waals surface area contributed by atoms with Crippen LogP contribution in [-0.2, 0) is 4.79 Å². The van der Waals surface area contributed by atoms with Crippen LogP contribution >= 0.6 is 24.8 Å². The molecule has 0 aromatic carbocycles. The molecule has 120 valence electrons. The van der Waals surface area contributed by atoms with Crippen LogP contribution in [0.15, 0.2) is 0 Å². The van der Waals surface area contributed by atoms with Crippen LogP contribution in [0.4, 0.5) is 0 Å². The molecule has 0 aromatic heterocycles. The SMILES string of the molecule is CN(C)C1(CNC(=O)C2CCC(N)C2)CCCC1.Cl.Cl. The van der Waals surface area contributed by atoms with Crippen LogP contribution in [0.25, 0.3) is 0 Å². The van der Waals surface area contributed by atoms with Crippen molar-refractivity contribution in [3.05, 3.63) is 0 Å². The molecular weight excluding hydrogens is 297 g/mol. The average Bonchev–Trinajstić information content (AvgIpc) is 2.95.